The van der Waals surface area contributed by atoms with Crippen molar-refractivity contribution in [1.82, 2.24) is 4.57 Å². The molecule has 0 fully saturated rings. The maximum atomic E-state index is 12.3. The van der Waals surface area contributed by atoms with Gasteiger partial charge in [0, 0.05) is 27.4 Å². The van der Waals surface area contributed by atoms with Crippen molar-refractivity contribution in [3.8, 4) is 0 Å². The van der Waals surface area contributed by atoms with Crippen molar-refractivity contribution in [2.75, 3.05) is 5.32 Å². The molecule has 0 saturated heterocycles. The van der Waals surface area contributed by atoms with Gasteiger partial charge in [0.05, 0.1) is 0 Å². The number of aromatic nitrogens is 1. The molecular weight excluding hydrogens is 372 g/mol. The van der Waals surface area contributed by atoms with Crippen LogP contribution in [0.2, 0.25) is 0 Å². The molecule has 0 saturated carbocycles. The van der Waals surface area contributed by atoms with Crippen molar-refractivity contribution < 1.29 is 4.79 Å². The third kappa shape index (κ3) is 3.48. The first kappa shape index (κ1) is 14.3. The van der Waals surface area contributed by atoms with Gasteiger partial charge in [-0.3, -0.25) is 4.79 Å². The minimum absolute atomic E-state index is 0.106. The van der Waals surface area contributed by atoms with Crippen molar-refractivity contribution in [2.24, 2.45) is 0 Å². The van der Waals surface area contributed by atoms with Crippen LogP contribution in [0.5, 0.6) is 0 Å². The van der Waals surface area contributed by atoms with E-state index in [4.69, 9.17) is 0 Å². The summed E-state index contributed by atoms with van der Waals surface area (Å²) >= 11 is 6.82. The Kier molecular flexibility index (Phi) is 4.47. The smallest absolute Gasteiger partial charge is 0.272 e. The number of carbonyl (C=O) groups is 1. The maximum absolute atomic E-state index is 12.3. The lowest BCUT2D eigenvalue weighted by molar-refractivity contribution is 0.101. The molecule has 0 aliphatic rings. The number of anilines is 1. The highest BCUT2D eigenvalue weighted by Gasteiger charge is 2.12. The summed E-state index contributed by atoms with van der Waals surface area (Å²) in [5.74, 6) is -0.106. The van der Waals surface area contributed by atoms with E-state index in [1.165, 1.54) is 0 Å². The summed E-state index contributed by atoms with van der Waals surface area (Å²) in [4.78, 5) is 12.3. The molecule has 0 spiro atoms. The van der Waals surface area contributed by atoms with Crippen LogP contribution < -0.4 is 5.32 Å². The summed E-state index contributed by atoms with van der Waals surface area (Å²) in [5.41, 5.74) is 2.53. The van der Waals surface area contributed by atoms with E-state index in [1.807, 2.05) is 48.9 Å². The fourth-order valence-electron chi connectivity index (χ4n) is 1.93. The van der Waals surface area contributed by atoms with Gasteiger partial charge < -0.3 is 9.88 Å². The van der Waals surface area contributed by atoms with Gasteiger partial charge in [0.25, 0.3) is 5.91 Å². The number of hydrogen-bond acceptors (Lipinski definition) is 1. The van der Waals surface area contributed by atoms with Crippen LogP contribution in [0.3, 0.4) is 0 Å². The van der Waals surface area contributed by atoms with Gasteiger partial charge in [0.2, 0.25) is 0 Å². The van der Waals surface area contributed by atoms with Gasteiger partial charge in [-0.15, -0.1) is 0 Å². The summed E-state index contributed by atoms with van der Waals surface area (Å²) in [7, 11) is 0. The second-order valence-corrected chi connectivity index (χ2v) is 6.13. The van der Waals surface area contributed by atoms with Crippen LogP contribution in [0.1, 0.15) is 23.0 Å². The largest absolute Gasteiger partial charge is 0.343 e. The zero-order valence-electron chi connectivity index (χ0n) is 10.7. The van der Waals surface area contributed by atoms with E-state index in [2.05, 4.69) is 37.2 Å². The fourth-order valence-corrected chi connectivity index (χ4v) is 3.00. The second-order valence-electron chi connectivity index (χ2n) is 4.30. The molecule has 0 aliphatic carbocycles. The normalized spacial score (nSPS) is 10.5. The van der Waals surface area contributed by atoms with Gasteiger partial charge >= 0.3 is 0 Å². The van der Waals surface area contributed by atoms with Gasteiger partial charge in [-0.1, -0.05) is 15.9 Å². The average molecular weight is 386 g/mol. The number of carbonyl (C=O) groups excluding carboxylic acids is 1. The molecule has 0 radical (unpaired) electrons. The Labute approximate surface area is 129 Å². The quantitative estimate of drug-likeness (QED) is 0.823. The van der Waals surface area contributed by atoms with E-state index in [9.17, 15) is 4.79 Å². The third-order valence-corrected chi connectivity index (χ3v) is 3.63. The van der Waals surface area contributed by atoms with Crippen LogP contribution in [0, 0.1) is 6.92 Å². The van der Waals surface area contributed by atoms with Crippen LogP contribution in [0.25, 0.3) is 0 Å². The minimum atomic E-state index is -0.106. The number of rotatable bonds is 3. The molecule has 5 heteroatoms. The molecule has 2 aromatic rings. The molecule has 1 heterocycles. The maximum Gasteiger partial charge on any atom is 0.272 e. The van der Waals surface area contributed by atoms with E-state index in [0.29, 0.717) is 5.69 Å². The zero-order valence-corrected chi connectivity index (χ0v) is 13.9. The highest BCUT2D eigenvalue weighted by Crippen LogP contribution is 2.21. The predicted molar refractivity (Wildman–Crippen MR) is 84.6 cm³/mol. The molecule has 100 valence electrons. The van der Waals surface area contributed by atoms with Crippen LogP contribution in [0.4, 0.5) is 5.69 Å². The SMILES string of the molecule is CCn1cc(Br)cc1C(=O)Nc1cc(C)cc(Br)c1. The van der Waals surface area contributed by atoms with E-state index in [0.717, 1.165) is 26.7 Å². The lowest BCUT2D eigenvalue weighted by Gasteiger charge is -2.09. The summed E-state index contributed by atoms with van der Waals surface area (Å²) in [5, 5.41) is 2.92. The standard InChI is InChI=1S/C14H14Br2N2O/c1-3-18-8-11(16)7-13(18)14(19)17-12-5-9(2)4-10(15)6-12/h4-8H,3H2,1-2H3,(H,17,19). The number of nitrogens with one attached hydrogen (secondary N) is 1. The Hall–Kier alpha value is -1.07. The number of nitrogens with zero attached hydrogens (tertiary/aromatic N) is 1. The Balaban J connectivity index is 2.25. The monoisotopic (exact) mass is 384 g/mol. The molecule has 0 aliphatic heterocycles. The van der Waals surface area contributed by atoms with Crippen molar-refractivity contribution in [3.05, 3.63) is 50.7 Å². The summed E-state index contributed by atoms with van der Waals surface area (Å²) in [6.45, 7) is 4.75. The second kappa shape index (κ2) is 5.92. The summed E-state index contributed by atoms with van der Waals surface area (Å²) in [6.07, 6.45) is 1.90. The highest BCUT2D eigenvalue weighted by atomic mass is 79.9. The average Bonchev–Trinajstić information content (AvgIpc) is 2.69. The van der Waals surface area contributed by atoms with Crippen LogP contribution >= 0.6 is 31.9 Å². The number of aryl methyl sites for hydroxylation is 2. The van der Waals surface area contributed by atoms with Crippen LogP contribution in [-0.2, 0) is 6.54 Å². The van der Waals surface area contributed by atoms with Gasteiger partial charge in [0.1, 0.15) is 5.69 Å². The Morgan fingerprint density at radius 3 is 2.58 bits per heavy atom. The number of amides is 1. The highest BCUT2D eigenvalue weighted by molar-refractivity contribution is 9.10. The van der Waals surface area contributed by atoms with E-state index in [1.54, 1.807) is 0 Å². The van der Waals surface area contributed by atoms with Crippen molar-refractivity contribution in [1.29, 1.82) is 0 Å². The number of halogens is 2. The fraction of sp³-hybridized carbons (Fsp3) is 0.214. The van der Waals surface area contributed by atoms with Crippen molar-refractivity contribution in [2.45, 2.75) is 20.4 Å². The van der Waals surface area contributed by atoms with Gasteiger partial charge in [0.15, 0.2) is 0 Å². The first-order valence-corrected chi connectivity index (χ1v) is 7.52. The van der Waals surface area contributed by atoms with Crippen molar-refractivity contribution in [3.63, 3.8) is 0 Å². The lowest BCUT2D eigenvalue weighted by Crippen LogP contribution is -2.16. The molecular formula is C14H14Br2N2O. The lowest BCUT2D eigenvalue weighted by atomic mass is 10.2. The Morgan fingerprint density at radius 1 is 1.21 bits per heavy atom. The van der Waals surface area contributed by atoms with Gasteiger partial charge in [-0.2, -0.15) is 0 Å². The zero-order chi connectivity index (χ0) is 14.0. The first-order valence-electron chi connectivity index (χ1n) is 5.94. The van der Waals surface area contributed by atoms with E-state index < -0.39 is 0 Å². The van der Waals surface area contributed by atoms with E-state index in [-0.39, 0.29) is 5.91 Å². The molecule has 3 nitrogen and oxygen atoms in total. The molecule has 19 heavy (non-hydrogen) atoms. The molecule has 1 amide bonds. The molecule has 1 aromatic heterocycles. The molecule has 1 aromatic carbocycles. The van der Waals surface area contributed by atoms with Gasteiger partial charge in [-0.25, -0.2) is 0 Å². The molecule has 1 N–H and O–H groups in total. The number of hydrogen-bond donors (Lipinski definition) is 1. The first-order chi connectivity index (χ1) is 8.99. The number of benzene rings is 1. The third-order valence-electron chi connectivity index (χ3n) is 2.74. The topological polar surface area (TPSA) is 34.0 Å². The van der Waals surface area contributed by atoms with Crippen molar-refractivity contribution >= 4 is 43.5 Å². The van der Waals surface area contributed by atoms with E-state index >= 15 is 0 Å². The molecule has 2 rings (SSSR count). The minimum Gasteiger partial charge on any atom is -0.343 e. The Morgan fingerprint density at radius 2 is 1.95 bits per heavy atom. The van der Waals surface area contributed by atoms with Gasteiger partial charge in [-0.05, 0) is 59.6 Å². The molecule has 0 bridgehead atoms. The molecule has 0 atom stereocenters. The summed E-state index contributed by atoms with van der Waals surface area (Å²) < 4.78 is 3.77. The van der Waals surface area contributed by atoms with Crippen LogP contribution in [-0.4, -0.2) is 10.5 Å². The summed E-state index contributed by atoms with van der Waals surface area (Å²) in [6, 6.07) is 7.65. The Bertz CT molecular complexity index is 600. The predicted octanol–water partition coefficient (Wildman–Crippen LogP) is 4.59. The molecule has 0 unspecified atom stereocenters. The van der Waals surface area contributed by atoms with Crippen LogP contribution in [0.15, 0.2) is 39.4 Å².